The molecule has 0 unspecified atom stereocenters. The highest BCUT2D eigenvalue weighted by atomic mass is 35.5. The molecule has 0 aromatic rings. The molecule has 0 radical (unpaired) electrons. The van der Waals surface area contributed by atoms with Gasteiger partial charge in [-0.25, -0.2) is 9.59 Å². The summed E-state index contributed by atoms with van der Waals surface area (Å²) in [4.78, 5) is 21.2. The summed E-state index contributed by atoms with van der Waals surface area (Å²) in [5.74, 6) is -2.66. The van der Waals surface area contributed by atoms with E-state index in [2.05, 4.69) is 12.2 Å². The number of hydrogen-bond donors (Lipinski definition) is 3. The van der Waals surface area contributed by atoms with Crippen molar-refractivity contribution >= 4 is 24.3 Å². The average molecular weight is 324 g/mol. The molecule has 126 valence electrons. The second-order valence-electron chi connectivity index (χ2n) is 5.25. The van der Waals surface area contributed by atoms with Crippen molar-refractivity contribution in [3.05, 3.63) is 0 Å². The van der Waals surface area contributed by atoms with Gasteiger partial charge in [-0.1, -0.05) is 64.7 Å². The van der Waals surface area contributed by atoms with Gasteiger partial charge in [-0.05, 0) is 13.0 Å². The van der Waals surface area contributed by atoms with E-state index in [-0.39, 0.29) is 12.4 Å². The van der Waals surface area contributed by atoms with Gasteiger partial charge >= 0.3 is 11.9 Å². The Labute approximate surface area is 133 Å². The summed E-state index contributed by atoms with van der Waals surface area (Å²) >= 11 is 0. The van der Waals surface area contributed by atoms with Crippen LogP contribution in [0.15, 0.2) is 0 Å². The molecular formula is C15H30ClNO4. The van der Waals surface area contributed by atoms with Gasteiger partial charge in [-0.15, -0.1) is 12.4 Å². The van der Waals surface area contributed by atoms with E-state index >= 15 is 0 Å². The number of halogens is 1. The van der Waals surface area contributed by atoms with Crippen molar-refractivity contribution in [2.45, 2.75) is 77.2 Å². The number of unbranched alkanes of at least 4 members (excludes halogenated alkanes) is 9. The number of carboxylic acids is 2. The van der Waals surface area contributed by atoms with Gasteiger partial charge in [0.25, 0.3) is 0 Å². The maximum atomic E-state index is 10.6. The van der Waals surface area contributed by atoms with E-state index in [0.29, 0.717) is 6.54 Å². The minimum atomic E-state index is -1.48. The molecular weight excluding hydrogens is 294 g/mol. The zero-order chi connectivity index (χ0) is 15.2. The fraction of sp³-hybridized carbons (Fsp3) is 0.867. The Morgan fingerprint density at radius 1 is 0.810 bits per heavy atom. The SMILES string of the molecule is CCCCCCCCCCCCNC(C(=O)O)C(=O)O.Cl. The van der Waals surface area contributed by atoms with Gasteiger partial charge in [0.2, 0.25) is 6.04 Å². The fourth-order valence-electron chi connectivity index (χ4n) is 2.14. The number of aliphatic carboxylic acids is 2. The maximum Gasteiger partial charge on any atom is 0.332 e. The molecule has 5 nitrogen and oxygen atoms in total. The highest BCUT2D eigenvalue weighted by molar-refractivity contribution is 5.97. The monoisotopic (exact) mass is 323 g/mol. The Balaban J connectivity index is 0. The zero-order valence-corrected chi connectivity index (χ0v) is 13.8. The smallest absolute Gasteiger partial charge is 0.332 e. The van der Waals surface area contributed by atoms with Crippen LogP contribution in [0.2, 0.25) is 0 Å². The predicted molar refractivity (Wildman–Crippen MR) is 86.2 cm³/mol. The summed E-state index contributed by atoms with van der Waals surface area (Å²) in [7, 11) is 0. The lowest BCUT2D eigenvalue weighted by Crippen LogP contribution is -2.43. The Hall–Kier alpha value is -0.810. The third-order valence-electron chi connectivity index (χ3n) is 3.37. The Morgan fingerprint density at radius 2 is 1.19 bits per heavy atom. The molecule has 0 aliphatic rings. The van der Waals surface area contributed by atoms with Gasteiger partial charge in [0.05, 0.1) is 0 Å². The number of hydrogen-bond acceptors (Lipinski definition) is 3. The van der Waals surface area contributed by atoms with Gasteiger partial charge in [-0.2, -0.15) is 0 Å². The Kier molecular flexibility index (Phi) is 16.7. The first-order valence-corrected chi connectivity index (χ1v) is 7.78. The minimum absolute atomic E-state index is 0. The first-order chi connectivity index (χ1) is 9.59. The summed E-state index contributed by atoms with van der Waals surface area (Å²) in [5, 5.41) is 19.9. The highest BCUT2D eigenvalue weighted by Crippen LogP contribution is 2.10. The third kappa shape index (κ3) is 13.9. The molecule has 0 saturated heterocycles. The van der Waals surface area contributed by atoms with Crippen LogP contribution in [0.4, 0.5) is 0 Å². The number of carbonyl (C=O) groups is 2. The molecule has 3 N–H and O–H groups in total. The van der Waals surface area contributed by atoms with Crippen molar-refractivity contribution in [2.75, 3.05) is 6.54 Å². The van der Waals surface area contributed by atoms with Crippen molar-refractivity contribution in [3.63, 3.8) is 0 Å². The van der Waals surface area contributed by atoms with Crippen LogP contribution < -0.4 is 5.32 Å². The first-order valence-electron chi connectivity index (χ1n) is 7.78. The Bertz CT molecular complexity index is 260. The van der Waals surface area contributed by atoms with Crippen LogP contribution in [-0.2, 0) is 9.59 Å². The maximum absolute atomic E-state index is 10.6. The largest absolute Gasteiger partial charge is 0.480 e. The standard InChI is InChI=1S/C15H29NO4.ClH/c1-2-3-4-5-6-7-8-9-10-11-12-16-13(14(17)18)15(19)20;/h13,16H,2-12H2,1H3,(H,17,18)(H,19,20);1H. The number of rotatable bonds is 14. The molecule has 0 saturated carbocycles. The van der Waals surface area contributed by atoms with Crippen LogP contribution in [0.25, 0.3) is 0 Å². The van der Waals surface area contributed by atoms with Crippen molar-refractivity contribution in [2.24, 2.45) is 0 Å². The minimum Gasteiger partial charge on any atom is -0.480 e. The summed E-state index contributed by atoms with van der Waals surface area (Å²) in [6, 6.07) is -1.48. The van der Waals surface area contributed by atoms with Crippen molar-refractivity contribution < 1.29 is 19.8 Å². The predicted octanol–water partition coefficient (Wildman–Crippen LogP) is 3.46. The van der Waals surface area contributed by atoms with E-state index in [9.17, 15) is 9.59 Å². The van der Waals surface area contributed by atoms with E-state index in [1.165, 1.54) is 44.9 Å². The lowest BCUT2D eigenvalue weighted by atomic mass is 10.1. The van der Waals surface area contributed by atoms with Crippen LogP contribution >= 0.6 is 12.4 Å². The zero-order valence-electron chi connectivity index (χ0n) is 13.0. The Morgan fingerprint density at radius 3 is 1.57 bits per heavy atom. The molecule has 0 bridgehead atoms. The topological polar surface area (TPSA) is 86.6 Å². The molecule has 6 heteroatoms. The average Bonchev–Trinajstić information content (AvgIpc) is 2.39. The van der Waals surface area contributed by atoms with Gasteiger partial charge in [0, 0.05) is 0 Å². The van der Waals surface area contributed by atoms with Crippen molar-refractivity contribution in [1.29, 1.82) is 0 Å². The second kappa shape index (κ2) is 15.6. The molecule has 0 aliphatic carbocycles. The van der Waals surface area contributed by atoms with Crippen molar-refractivity contribution in [3.8, 4) is 0 Å². The molecule has 0 rings (SSSR count). The van der Waals surface area contributed by atoms with E-state index in [0.717, 1.165) is 19.3 Å². The summed E-state index contributed by atoms with van der Waals surface area (Å²) in [5.41, 5.74) is 0. The fourth-order valence-corrected chi connectivity index (χ4v) is 2.14. The molecule has 0 heterocycles. The summed E-state index contributed by atoms with van der Waals surface area (Å²) < 4.78 is 0. The molecule has 0 spiro atoms. The molecule has 0 aliphatic heterocycles. The van der Waals surface area contributed by atoms with E-state index in [1.54, 1.807) is 0 Å². The third-order valence-corrected chi connectivity index (χ3v) is 3.37. The second-order valence-corrected chi connectivity index (χ2v) is 5.25. The number of nitrogens with one attached hydrogen (secondary N) is 1. The van der Waals surface area contributed by atoms with E-state index in [1.807, 2.05) is 0 Å². The van der Waals surface area contributed by atoms with Gasteiger partial charge in [-0.3, -0.25) is 5.32 Å². The van der Waals surface area contributed by atoms with Gasteiger partial charge < -0.3 is 10.2 Å². The molecule has 0 aromatic heterocycles. The first kappa shape index (κ1) is 22.5. The quantitative estimate of drug-likeness (QED) is 0.336. The van der Waals surface area contributed by atoms with Crippen molar-refractivity contribution in [1.82, 2.24) is 5.32 Å². The molecule has 0 amide bonds. The molecule has 0 aromatic carbocycles. The lowest BCUT2D eigenvalue weighted by Gasteiger charge is -2.09. The van der Waals surface area contributed by atoms with Crippen LogP contribution in [0.5, 0.6) is 0 Å². The van der Waals surface area contributed by atoms with Crippen LogP contribution in [-0.4, -0.2) is 34.7 Å². The summed E-state index contributed by atoms with van der Waals surface area (Å²) in [6.45, 7) is 2.66. The van der Waals surface area contributed by atoms with E-state index < -0.39 is 18.0 Å². The molecule has 21 heavy (non-hydrogen) atoms. The highest BCUT2D eigenvalue weighted by Gasteiger charge is 2.24. The van der Waals surface area contributed by atoms with Crippen LogP contribution in [0, 0.1) is 0 Å². The lowest BCUT2D eigenvalue weighted by molar-refractivity contribution is -0.151. The molecule has 0 fully saturated rings. The molecule has 0 atom stereocenters. The normalized spacial score (nSPS) is 10.4. The summed E-state index contributed by atoms with van der Waals surface area (Å²) in [6.07, 6.45) is 12.1. The number of carboxylic acid groups (broad SMARTS) is 2. The van der Waals surface area contributed by atoms with Gasteiger partial charge in [0.15, 0.2) is 0 Å². The van der Waals surface area contributed by atoms with Gasteiger partial charge in [0.1, 0.15) is 0 Å². The van der Waals surface area contributed by atoms with Crippen LogP contribution in [0.1, 0.15) is 71.1 Å². The van der Waals surface area contributed by atoms with Crippen LogP contribution in [0.3, 0.4) is 0 Å². The van der Waals surface area contributed by atoms with E-state index in [4.69, 9.17) is 10.2 Å².